The highest BCUT2D eigenvalue weighted by Crippen LogP contribution is 2.34. The van der Waals surface area contributed by atoms with E-state index in [1.54, 1.807) is 0 Å². The van der Waals surface area contributed by atoms with Crippen LogP contribution in [0.25, 0.3) is 10.1 Å². The first-order valence-electron chi connectivity index (χ1n) is 5.91. The molecule has 0 N–H and O–H groups in total. The van der Waals surface area contributed by atoms with Gasteiger partial charge in [0.25, 0.3) is 0 Å². The highest BCUT2D eigenvalue weighted by Gasteiger charge is 2.15. The highest BCUT2D eigenvalue weighted by molar-refractivity contribution is 7.17. The lowest BCUT2D eigenvalue weighted by Gasteiger charge is -2.19. The Morgan fingerprint density at radius 2 is 1.81 bits per heavy atom. The van der Waals surface area contributed by atoms with Crippen LogP contribution in [0.15, 0.2) is 23.6 Å². The van der Waals surface area contributed by atoms with E-state index < -0.39 is 0 Å². The van der Waals surface area contributed by atoms with Crippen molar-refractivity contribution >= 4 is 21.4 Å². The van der Waals surface area contributed by atoms with Crippen LogP contribution in [0.1, 0.15) is 51.7 Å². The zero-order valence-electron chi connectivity index (χ0n) is 10.8. The molecule has 0 bridgehead atoms. The molecule has 0 radical (unpaired) electrons. The molecular weight excluding hydrogens is 212 g/mol. The molecule has 1 heterocycles. The summed E-state index contributed by atoms with van der Waals surface area (Å²) in [4.78, 5) is 0. The first kappa shape index (κ1) is 11.7. The number of hydrogen-bond donors (Lipinski definition) is 0. The van der Waals surface area contributed by atoms with Crippen LogP contribution in [0.5, 0.6) is 0 Å². The van der Waals surface area contributed by atoms with E-state index in [-0.39, 0.29) is 5.41 Å². The van der Waals surface area contributed by atoms with Crippen LogP contribution in [0.2, 0.25) is 0 Å². The molecule has 0 aliphatic carbocycles. The Labute approximate surface area is 102 Å². The number of hydrogen-bond acceptors (Lipinski definition) is 1. The summed E-state index contributed by atoms with van der Waals surface area (Å²) in [6.45, 7) is 11.3. The average Bonchev–Trinajstić information content (AvgIpc) is 2.58. The second-order valence-electron chi connectivity index (χ2n) is 5.81. The van der Waals surface area contributed by atoms with E-state index in [4.69, 9.17) is 0 Å². The van der Waals surface area contributed by atoms with Crippen LogP contribution in [0, 0.1) is 0 Å². The van der Waals surface area contributed by atoms with Gasteiger partial charge in [0.2, 0.25) is 0 Å². The van der Waals surface area contributed by atoms with Crippen molar-refractivity contribution in [2.24, 2.45) is 0 Å². The van der Waals surface area contributed by atoms with Crippen molar-refractivity contribution < 1.29 is 0 Å². The minimum atomic E-state index is 0.246. The van der Waals surface area contributed by atoms with E-state index in [9.17, 15) is 0 Å². The van der Waals surface area contributed by atoms with Gasteiger partial charge in [-0.25, -0.2) is 0 Å². The van der Waals surface area contributed by atoms with Gasteiger partial charge in [-0.1, -0.05) is 46.8 Å². The Balaban J connectivity index is 2.58. The van der Waals surface area contributed by atoms with Crippen LogP contribution in [-0.2, 0) is 5.41 Å². The second kappa shape index (κ2) is 3.89. The Bertz CT molecular complexity index is 498. The first-order valence-corrected chi connectivity index (χ1v) is 6.79. The van der Waals surface area contributed by atoms with Crippen LogP contribution < -0.4 is 0 Å². The maximum absolute atomic E-state index is 2.35. The van der Waals surface area contributed by atoms with Crippen molar-refractivity contribution in [1.29, 1.82) is 0 Å². The lowest BCUT2D eigenvalue weighted by atomic mass is 9.86. The SMILES string of the molecule is CC(C)c1csc2cc(C(C)(C)C)ccc12. The molecule has 0 aliphatic heterocycles. The van der Waals surface area contributed by atoms with Gasteiger partial charge >= 0.3 is 0 Å². The Hall–Kier alpha value is -0.820. The largest absolute Gasteiger partial charge is 0.144 e. The van der Waals surface area contributed by atoms with Crippen molar-refractivity contribution in [2.75, 3.05) is 0 Å². The maximum Gasteiger partial charge on any atom is 0.0348 e. The monoisotopic (exact) mass is 232 g/mol. The van der Waals surface area contributed by atoms with Crippen molar-refractivity contribution in [1.82, 2.24) is 0 Å². The molecule has 0 saturated heterocycles. The van der Waals surface area contributed by atoms with E-state index >= 15 is 0 Å². The van der Waals surface area contributed by atoms with Crippen LogP contribution >= 0.6 is 11.3 Å². The number of rotatable bonds is 1. The lowest BCUT2D eigenvalue weighted by molar-refractivity contribution is 0.591. The van der Waals surface area contributed by atoms with Crippen molar-refractivity contribution in [3.05, 3.63) is 34.7 Å². The molecular formula is C15H20S. The quantitative estimate of drug-likeness (QED) is 0.624. The van der Waals surface area contributed by atoms with E-state index in [2.05, 4.69) is 58.2 Å². The van der Waals surface area contributed by atoms with Gasteiger partial charge in [0.15, 0.2) is 0 Å². The third kappa shape index (κ3) is 2.01. The van der Waals surface area contributed by atoms with Gasteiger partial charge in [-0.05, 0) is 39.3 Å². The zero-order valence-corrected chi connectivity index (χ0v) is 11.6. The maximum atomic E-state index is 2.35. The van der Waals surface area contributed by atoms with Crippen LogP contribution in [0.3, 0.4) is 0 Å². The Morgan fingerprint density at radius 1 is 1.12 bits per heavy atom. The lowest BCUT2D eigenvalue weighted by Crippen LogP contribution is -2.10. The van der Waals surface area contributed by atoms with E-state index in [1.165, 1.54) is 21.2 Å². The topological polar surface area (TPSA) is 0 Å². The summed E-state index contributed by atoms with van der Waals surface area (Å²) in [7, 11) is 0. The molecule has 0 fully saturated rings. The molecule has 0 unspecified atom stereocenters. The molecule has 1 aromatic heterocycles. The summed E-state index contributed by atoms with van der Waals surface area (Å²) in [5, 5.41) is 3.75. The molecule has 0 aliphatic rings. The molecule has 0 atom stereocenters. The minimum Gasteiger partial charge on any atom is -0.144 e. The zero-order chi connectivity index (χ0) is 11.9. The Kier molecular flexibility index (Phi) is 2.83. The average molecular weight is 232 g/mol. The third-order valence-corrected chi connectivity index (χ3v) is 4.06. The summed E-state index contributed by atoms with van der Waals surface area (Å²) in [6, 6.07) is 6.93. The fourth-order valence-corrected chi connectivity index (χ4v) is 3.12. The molecule has 0 amide bonds. The molecule has 1 aromatic carbocycles. The van der Waals surface area contributed by atoms with Crippen LogP contribution in [0.4, 0.5) is 0 Å². The smallest absolute Gasteiger partial charge is 0.0348 e. The molecule has 0 nitrogen and oxygen atoms in total. The van der Waals surface area contributed by atoms with Crippen molar-refractivity contribution in [2.45, 2.75) is 46.0 Å². The highest BCUT2D eigenvalue weighted by atomic mass is 32.1. The van der Waals surface area contributed by atoms with Gasteiger partial charge in [0.1, 0.15) is 0 Å². The van der Waals surface area contributed by atoms with Gasteiger partial charge in [0.05, 0.1) is 0 Å². The molecule has 86 valence electrons. The van der Waals surface area contributed by atoms with Gasteiger partial charge in [-0.3, -0.25) is 0 Å². The summed E-state index contributed by atoms with van der Waals surface area (Å²) in [6.07, 6.45) is 0. The molecule has 2 rings (SSSR count). The molecule has 2 aromatic rings. The van der Waals surface area contributed by atoms with Gasteiger partial charge in [0, 0.05) is 4.70 Å². The van der Waals surface area contributed by atoms with Crippen molar-refractivity contribution in [3.8, 4) is 0 Å². The molecule has 1 heteroatoms. The summed E-state index contributed by atoms with van der Waals surface area (Å²) >= 11 is 1.87. The van der Waals surface area contributed by atoms with E-state index in [0.29, 0.717) is 5.92 Å². The van der Waals surface area contributed by atoms with Gasteiger partial charge < -0.3 is 0 Å². The summed E-state index contributed by atoms with van der Waals surface area (Å²) in [5.41, 5.74) is 3.16. The minimum absolute atomic E-state index is 0.246. The summed E-state index contributed by atoms with van der Waals surface area (Å²) in [5.74, 6) is 0.620. The normalized spacial score (nSPS) is 12.6. The predicted molar refractivity (Wildman–Crippen MR) is 74.6 cm³/mol. The molecule has 16 heavy (non-hydrogen) atoms. The number of thiophene rings is 1. The van der Waals surface area contributed by atoms with Gasteiger partial charge in [-0.15, -0.1) is 11.3 Å². The summed E-state index contributed by atoms with van der Waals surface area (Å²) < 4.78 is 1.43. The van der Waals surface area contributed by atoms with Crippen LogP contribution in [-0.4, -0.2) is 0 Å². The second-order valence-corrected chi connectivity index (χ2v) is 6.72. The van der Waals surface area contributed by atoms with Crippen molar-refractivity contribution in [3.63, 3.8) is 0 Å². The van der Waals surface area contributed by atoms with E-state index in [1.807, 2.05) is 11.3 Å². The standard InChI is InChI=1S/C15H20S/c1-10(2)13-9-16-14-8-11(15(3,4)5)6-7-12(13)14/h6-10H,1-5H3. The fourth-order valence-electron chi connectivity index (χ4n) is 1.96. The fraction of sp³-hybridized carbons (Fsp3) is 0.467. The Morgan fingerprint density at radius 3 is 2.38 bits per heavy atom. The first-order chi connectivity index (χ1) is 7.39. The van der Waals surface area contributed by atoms with E-state index in [0.717, 1.165) is 0 Å². The predicted octanol–water partition coefficient (Wildman–Crippen LogP) is 5.32. The molecule has 0 spiro atoms. The third-order valence-electron chi connectivity index (χ3n) is 3.09. The number of benzene rings is 1. The number of fused-ring (bicyclic) bond motifs is 1. The van der Waals surface area contributed by atoms with Gasteiger partial charge in [-0.2, -0.15) is 0 Å². The molecule has 0 saturated carbocycles.